The number of rotatable bonds is 4. The van der Waals surface area contributed by atoms with E-state index in [1.54, 1.807) is 14.2 Å². The maximum atomic E-state index is 5.27. The SMILES string of the molecule is COCc1[nH]c(-c2ccc(OC)c(C)c2)nc(=S)c1Br. The fourth-order valence-electron chi connectivity index (χ4n) is 1.91. The highest BCUT2D eigenvalue weighted by atomic mass is 79.9. The van der Waals surface area contributed by atoms with Gasteiger partial charge >= 0.3 is 0 Å². The second-order valence-corrected chi connectivity index (χ2v) is 5.48. The van der Waals surface area contributed by atoms with Crippen molar-refractivity contribution in [3.63, 3.8) is 0 Å². The first-order chi connectivity index (χ1) is 9.56. The first kappa shape index (κ1) is 15.2. The molecule has 106 valence electrons. The summed E-state index contributed by atoms with van der Waals surface area (Å²) in [6.07, 6.45) is 0. The summed E-state index contributed by atoms with van der Waals surface area (Å²) in [5.74, 6) is 1.57. The van der Waals surface area contributed by atoms with Gasteiger partial charge in [-0.15, -0.1) is 0 Å². The third kappa shape index (κ3) is 3.08. The fraction of sp³-hybridized carbons (Fsp3) is 0.286. The van der Waals surface area contributed by atoms with Crippen LogP contribution in [0.4, 0.5) is 0 Å². The highest BCUT2D eigenvalue weighted by molar-refractivity contribution is 9.10. The van der Waals surface area contributed by atoms with E-state index in [9.17, 15) is 0 Å². The van der Waals surface area contributed by atoms with Gasteiger partial charge < -0.3 is 14.5 Å². The van der Waals surface area contributed by atoms with Crippen LogP contribution < -0.4 is 4.74 Å². The summed E-state index contributed by atoms with van der Waals surface area (Å²) in [6, 6.07) is 5.88. The van der Waals surface area contributed by atoms with Gasteiger partial charge in [0.25, 0.3) is 0 Å². The Hall–Kier alpha value is -1.24. The molecular weight excluding hydrogens is 340 g/mol. The summed E-state index contributed by atoms with van der Waals surface area (Å²) < 4.78 is 11.7. The molecule has 0 aliphatic heterocycles. The number of ether oxygens (including phenoxy) is 2. The molecule has 0 unspecified atom stereocenters. The van der Waals surface area contributed by atoms with E-state index in [1.807, 2.05) is 25.1 Å². The van der Waals surface area contributed by atoms with Gasteiger partial charge in [-0.25, -0.2) is 4.98 Å². The first-order valence-corrected chi connectivity index (χ1v) is 7.19. The van der Waals surface area contributed by atoms with Crippen molar-refractivity contribution in [2.75, 3.05) is 14.2 Å². The van der Waals surface area contributed by atoms with E-state index in [1.165, 1.54) is 0 Å². The van der Waals surface area contributed by atoms with Crippen molar-refractivity contribution >= 4 is 28.1 Å². The zero-order chi connectivity index (χ0) is 14.7. The van der Waals surface area contributed by atoms with Gasteiger partial charge in [0.1, 0.15) is 16.2 Å². The minimum Gasteiger partial charge on any atom is -0.496 e. The van der Waals surface area contributed by atoms with Gasteiger partial charge in [0.2, 0.25) is 0 Å². The molecule has 0 radical (unpaired) electrons. The lowest BCUT2D eigenvalue weighted by molar-refractivity contribution is 0.181. The van der Waals surface area contributed by atoms with Crippen LogP contribution in [0.1, 0.15) is 11.3 Å². The molecule has 0 fully saturated rings. The molecule has 1 heterocycles. The number of nitrogens with zero attached hydrogens (tertiary/aromatic N) is 1. The number of nitrogens with one attached hydrogen (secondary N) is 1. The molecule has 0 aliphatic carbocycles. The summed E-state index contributed by atoms with van der Waals surface area (Å²) in [7, 11) is 3.30. The number of aryl methyl sites for hydroxylation is 1. The Labute approximate surface area is 131 Å². The number of aromatic amines is 1. The van der Waals surface area contributed by atoms with E-state index in [-0.39, 0.29) is 0 Å². The third-order valence-corrected chi connectivity index (χ3v) is 4.30. The number of hydrogen-bond acceptors (Lipinski definition) is 4. The van der Waals surface area contributed by atoms with Crippen LogP contribution in [0.3, 0.4) is 0 Å². The number of methoxy groups -OCH3 is 2. The summed E-state index contributed by atoms with van der Waals surface area (Å²) in [6.45, 7) is 2.43. The summed E-state index contributed by atoms with van der Waals surface area (Å²) in [4.78, 5) is 7.64. The molecule has 1 aromatic heterocycles. The number of H-pyrrole nitrogens is 1. The molecule has 4 nitrogen and oxygen atoms in total. The number of halogens is 1. The average Bonchev–Trinajstić information content (AvgIpc) is 2.43. The molecule has 0 bridgehead atoms. The van der Waals surface area contributed by atoms with Gasteiger partial charge in [0, 0.05) is 12.7 Å². The second-order valence-electron chi connectivity index (χ2n) is 4.30. The van der Waals surface area contributed by atoms with Gasteiger partial charge in [0.15, 0.2) is 0 Å². The predicted molar refractivity (Wildman–Crippen MR) is 84.6 cm³/mol. The van der Waals surface area contributed by atoms with E-state index >= 15 is 0 Å². The van der Waals surface area contributed by atoms with Crippen molar-refractivity contribution in [2.45, 2.75) is 13.5 Å². The number of hydrogen-bond donors (Lipinski definition) is 1. The second kappa shape index (κ2) is 6.47. The minimum absolute atomic E-state index is 0.439. The lowest BCUT2D eigenvalue weighted by atomic mass is 10.1. The highest BCUT2D eigenvalue weighted by Crippen LogP contribution is 2.26. The molecule has 1 aromatic carbocycles. The van der Waals surface area contributed by atoms with Gasteiger partial charge in [-0.3, -0.25) is 0 Å². The molecule has 2 aromatic rings. The summed E-state index contributed by atoms with van der Waals surface area (Å²) in [5, 5.41) is 0. The predicted octanol–water partition coefficient (Wildman–Crippen LogP) is 4.03. The van der Waals surface area contributed by atoms with Crippen molar-refractivity contribution in [2.24, 2.45) is 0 Å². The van der Waals surface area contributed by atoms with Gasteiger partial charge in [-0.2, -0.15) is 0 Å². The van der Waals surface area contributed by atoms with Crippen LogP contribution in [0.15, 0.2) is 22.7 Å². The first-order valence-electron chi connectivity index (χ1n) is 5.99. The van der Waals surface area contributed by atoms with Crippen LogP contribution in [0.25, 0.3) is 11.4 Å². The van der Waals surface area contributed by atoms with E-state index in [0.29, 0.717) is 11.2 Å². The van der Waals surface area contributed by atoms with Crippen molar-refractivity contribution < 1.29 is 9.47 Å². The largest absolute Gasteiger partial charge is 0.496 e. The third-order valence-electron chi connectivity index (χ3n) is 2.89. The Morgan fingerprint density at radius 2 is 2.10 bits per heavy atom. The number of aromatic nitrogens is 2. The van der Waals surface area contributed by atoms with E-state index in [2.05, 4.69) is 25.9 Å². The van der Waals surface area contributed by atoms with E-state index in [0.717, 1.165) is 32.9 Å². The molecular formula is C14H15BrN2O2S. The Balaban J connectivity index is 2.52. The lowest BCUT2D eigenvalue weighted by Crippen LogP contribution is -2.00. The lowest BCUT2D eigenvalue weighted by Gasteiger charge is -2.10. The highest BCUT2D eigenvalue weighted by Gasteiger charge is 2.09. The molecule has 0 saturated heterocycles. The zero-order valence-corrected chi connectivity index (χ0v) is 13.9. The smallest absolute Gasteiger partial charge is 0.144 e. The van der Waals surface area contributed by atoms with Crippen molar-refractivity contribution in [3.8, 4) is 17.1 Å². The molecule has 0 saturated carbocycles. The van der Waals surface area contributed by atoms with Crippen LogP contribution in [0.5, 0.6) is 5.75 Å². The molecule has 20 heavy (non-hydrogen) atoms. The average molecular weight is 355 g/mol. The molecule has 0 amide bonds. The maximum absolute atomic E-state index is 5.27. The van der Waals surface area contributed by atoms with Crippen molar-refractivity contribution in [1.29, 1.82) is 0 Å². The van der Waals surface area contributed by atoms with Gasteiger partial charge in [-0.05, 0) is 46.6 Å². The Kier molecular flexibility index (Phi) is 4.91. The van der Waals surface area contributed by atoms with Crippen LogP contribution in [0.2, 0.25) is 0 Å². The minimum atomic E-state index is 0.439. The molecule has 1 N–H and O–H groups in total. The van der Waals surface area contributed by atoms with Crippen LogP contribution in [-0.4, -0.2) is 24.2 Å². The molecule has 6 heteroatoms. The Morgan fingerprint density at radius 1 is 1.35 bits per heavy atom. The van der Waals surface area contributed by atoms with Crippen LogP contribution in [0, 0.1) is 11.6 Å². The fourth-order valence-corrected chi connectivity index (χ4v) is 2.43. The monoisotopic (exact) mass is 354 g/mol. The molecule has 0 aliphatic rings. The zero-order valence-electron chi connectivity index (χ0n) is 11.5. The van der Waals surface area contributed by atoms with Gasteiger partial charge in [0.05, 0.1) is 23.9 Å². The van der Waals surface area contributed by atoms with E-state index in [4.69, 9.17) is 21.7 Å². The standard InChI is InChI=1S/C14H15BrN2O2S/c1-8-6-9(4-5-11(8)19-3)13-16-10(7-18-2)12(15)14(20)17-13/h4-6H,7H2,1-3H3,(H,16,17,20). The normalized spacial score (nSPS) is 10.6. The topological polar surface area (TPSA) is 47.1 Å². The summed E-state index contributed by atoms with van der Waals surface area (Å²) >= 11 is 8.69. The van der Waals surface area contributed by atoms with Crippen molar-refractivity contribution in [1.82, 2.24) is 9.97 Å². The van der Waals surface area contributed by atoms with Gasteiger partial charge in [-0.1, -0.05) is 12.2 Å². The Morgan fingerprint density at radius 3 is 2.70 bits per heavy atom. The molecule has 2 rings (SSSR count). The van der Waals surface area contributed by atoms with E-state index < -0.39 is 0 Å². The van der Waals surface area contributed by atoms with Crippen molar-refractivity contribution in [3.05, 3.63) is 38.6 Å². The maximum Gasteiger partial charge on any atom is 0.144 e. The number of benzene rings is 1. The molecule has 0 atom stereocenters. The quantitative estimate of drug-likeness (QED) is 0.842. The molecule has 0 spiro atoms. The Bertz CT molecular complexity index is 685. The van der Waals surface area contributed by atoms with Crippen LogP contribution >= 0.6 is 28.1 Å². The summed E-state index contributed by atoms with van der Waals surface area (Å²) in [5.41, 5.74) is 2.87. The van der Waals surface area contributed by atoms with Crippen LogP contribution in [-0.2, 0) is 11.3 Å².